The van der Waals surface area contributed by atoms with Crippen LogP contribution in [0.2, 0.25) is 5.02 Å². The first-order valence-electron chi connectivity index (χ1n) is 10.2. The quantitative estimate of drug-likeness (QED) is 0.287. The Morgan fingerprint density at radius 1 is 0.625 bits per heavy atom. The van der Waals surface area contributed by atoms with Crippen molar-refractivity contribution in [3.05, 3.63) is 126 Å². The average molecular weight is 472 g/mol. The third kappa shape index (κ3) is 3.63. The molecule has 1 aliphatic heterocycles. The van der Waals surface area contributed by atoms with Crippen LogP contribution >= 0.6 is 30.7 Å². The summed E-state index contributed by atoms with van der Waals surface area (Å²) >= 11 is 11.9. The Hall–Kier alpha value is -2.97. The topological polar surface area (TPSA) is 21.6 Å². The minimum atomic E-state index is -2.39. The molecule has 0 radical (unpaired) electrons. The fraction of sp³-hybridized carbons (Fsp3) is 0. The van der Waals surface area contributed by atoms with Gasteiger partial charge in [-0.3, -0.25) is 0 Å². The molecule has 0 spiro atoms. The number of aliphatic imine (C=N–C) groups is 1. The molecule has 5 heteroatoms. The Balaban J connectivity index is 1.91. The highest BCUT2D eigenvalue weighted by atomic mass is 35.5. The first-order valence-corrected chi connectivity index (χ1v) is 12.8. The van der Waals surface area contributed by atoms with Crippen molar-refractivity contribution >= 4 is 63.0 Å². The maximum atomic E-state index is 6.10. The normalized spacial score (nSPS) is 13.6. The van der Waals surface area contributed by atoms with Crippen molar-refractivity contribution in [2.24, 2.45) is 4.99 Å². The Morgan fingerprint density at radius 3 is 1.50 bits per heavy atom. The SMILES string of the molecule is S=C1OC(c2ccc(Cl)cc2)=NC1=P(c1ccccc1)(c1ccccc1)c1ccccc1. The van der Waals surface area contributed by atoms with Gasteiger partial charge in [0.2, 0.25) is 10.9 Å². The molecule has 0 atom stereocenters. The summed E-state index contributed by atoms with van der Waals surface area (Å²) in [5.74, 6) is 0.508. The van der Waals surface area contributed by atoms with Crippen LogP contribution in [0.5, 0.6) is 0 Å². The predicted octanol–water partition coefficient (Wildman–Crippen LogP) is 5.57. The van der Waals surface area contributed by atoms with Gasteiger partial charge in [0.25, 0.3) is 0 Å². The van der Waals surface area contributed by atoms with Crippen LogP contribution in [-0.4, -0.2) is 16.4 Å². The summed E-state index contributed by atoms with van der Waals surface area (Å²) in [4.78, 5) is 5.05. The highest BCUT2D eigenvalue weighted by Gasteiger charge is 2.36. The number of nitrogens with zero attached hydrogens (tertiary/aromatic N) is 1. The van der Waals surface area contributed by atoms with Crippen LogP contribution in [0, 0.1) is 0 Å². The second-order valence-electron chi connectivity index (χ2n) is 7.31. The lowest BCUT2D eigenvalue weighted by Crippen LogP contribution is -2.31. The number of benzene rings is 4. The van der Waals surface area contributed by atoms with Crippen molar-refractivity contribution in [1.29, 1.82) is 0 Å². The molecule has 0 saturated heterocycles. The fourth-order valence-corrected chi connectivity index (χ4v) is 8.70. The molecule has 0 aliphatic carbocycles. The summed E-state index contributed by atoms with van der Waals surface area (Å²) in [5.41, 5.74) is 1.65. The molecular formula is C27H19ClNOPS. The second kappa shape index (κ2) is 8.88. The summed E-state index contributed by atoms with van der Waals surface area (Å²) in [6, 6.07) is 39.0. The molecule has 0 N–H and O–H groups in total. The van der Waals surface area contributed by atoms with Gasteiger partial charge in [-0.05, 0) is 52.4 Å². The highest BCUT2D eigenvalue weighted by Crippen LogP contribution is 2.47. The predicted molar refractivity (Wildman–Crippen MR) is 142 cm³/mol. The number of halogens is 1. The van der Waals surface area contributed by atoms with Crippen LogP contribution < -0.4 is 15.9 Å². The van der Waals surface area contributed by atoms with Gasteiger partial charge in [-0.2, -0.15) is 0 Å². The summed E-state index contributed by atoms with van der Waals surface area (Å²) < 4.78 is 6.10. The largest absolute Gasteiger partial charge is 0.424 e. The number of hydrogen-bond acceptors (Lipinski definition) is 2. The highest BCUT2D eigenvalue weighted by molar-refractivity contribution is 7.98. The minimum Gasteiger partial charge on any atom is -0.424 e. The van der Waals surface area contributed by atoms with Crippen molar-refractivity contribution in [1.82, 2.24) is 0 Å². The Labute approximate surface area is 198 Å². The molecule has 0 aromatic heterocycles. The molecule has 4 aromatic carbocycles. The van der Waals surface area contributed by atoms with Gasteiger partial charge < -0.3 is 4.74 Å². The molecule has 0 fully saturated rings. The van der Waals surface area contributed by atoms with Crippen molar-refractivity contribution in [2.45, 2.75) is 0 Å². The van der Waals surface area contributed by atoms with E-state index in [0.29, 0.717) is 16.0 Å². The Morgan fingerprint density at radius 2 is 1.06 bits per heavy atom. The maximum absolute atomic E-state index is 6.10. The van der Waals surface area contributed by atoms with E-state index in [0.717, 1.165) is 11.0 Å². The van der Waals surface area contributed by atoms with Crippen molar-refractivity contribution < 1.29 is 4.74 Å². The van der Waals surface area contributed by atoms with Crippen LogP contribution in [0.1, 0.15) is 5.56 Å². The zero-order chi connectivity index (χ0) is 22.0. The zero-order valence-electron chi connectivity index (χ0n) is 17.1. The lowest BCUT2D eigenvalue weighted by Gasteiger charge is -2.29. The fourth-order valence-electron chi connectivity index (χ4n) is 3.99. The van der Waals surface area contributed by atoms with Gasteiger partial charge in [-0.15, -0.1) is 0 Å². The molecule has 0 unspecified atom stereocenters. The van der Waals surface area contributed by atoms with E-state index in [9.17, 15) is 0 Å². The van der Waals surface area contributed by atoms with E-state index in [1.165, 1.54) is 15.9 Å². The van der Waals surface area contributed by atoms with E-state index < -0.39 is 6.89 Å². The van der Waals surface area contributed by atoms with Crippen LogP contribution in [0.3, 0.4) is 0 Å². The Bertz CT molecular complexity index is 1250. The van der Waals surface area contributed by atoms with Crippen molar-refractivity contribution in [2.75, 3.05) is 0 Å². The summed E-state index contributed by atoms with van der Waals surface area (Å²) in [6.45, 7) is -2.39. The number of hydrogen-bond donors (Lipinski definition) is 0. The molecule has 1 heterocycles. The van der Waals surface area contributed by atoms with Crippen LogP contribution in [0.25, 0.3) is 0 Å². The third-order valence-electron chi connectivity index (χ3n) is 5.42. The van der Waals surface area contributed by atoms with Gasteiger partial charge >= 0.3 is 0 Å². The summed E-state index contributed by atoms with van der Waals surface area (Å²) in [7, 11) is 0. The van der Waals surface area contributed by atoms with Crippen LogP contribution in [0.15, 0.2) is 120 Å². The minimum absolute atomic E-state index is 0.417. The van der Waals surface area contributed by atoms with E-state index in [1.807, 2.05) is 42.5 Å². The number of rotatable bonds is 4. The van der Waals surface area contributed by atoms with Crippen LogP contribution in [0.4, 0.5) is 0 Å². The van der Waals surface area contributed by atoms with Gasteiger partial charge in [0.1, 0.15) is 5.42 Å². The molecule has 0 amide bonds. The second-order valence-corrected chi connectivity index (χ2v) is 11.4. The van der Waals surface area contributed by atoms with Gasteiger partial charge in [-0.1, -0.05) is 103 Å². The van der Waals surface area contributed by atoms with Gasteiger partial charge in [0.05, 0.1) is 0 Å². The van der Waals surface area contributed by atoms with E-state index in [-0.39, 0.29) is 0 Å². The molecule has 32 heavy (non-hydrogen) atoms. The molecule has 0 bridgehead atoms. The number of ether oxygens (including phenoxy) is 1. The molecule has 0 saturated carbocycles. The van der Waals surface area contributed by atoms with Gasteiger partial charge in [-0.25, -0.2) is 4.99 Å². The molecule has 1 aliphatic rings. The molecule has 4 aromatic rings. The van der Waals surface area contributed by atoms with Crippen molar-refractivity contribution in [3.8, 4) is 0 Å². The first-order chi connectivity index (χ1) is 15.7. The average Bonchev–Trinajstić information content (AvgIpc) is 3.24. The summed E-state index contributed by atoms with van der Waals surface area (Å²) in [5, 5.41) is 4.62. The Kier molecular flexibility index (Phi) is 5.80. The van der Waals surface area contributed by atoms with Crippen molar-refractivity contribution in [3.63, 3.8) is 0 Å². The van der Waals surface area contributed by atoms with Gasteiger partial charge in [0, 0.05) is 17.5 Å². The lowest BCUT2D eigenvalue weighted by atomic mass is 10.2. The summed E-state index contributed by atoms with van der Waals surface area (Å²) in [6.07, 6.45) is 0. The maximum Gasteiger partial charge on any atom is 0.228 e. The number of thiocarbonyl (C=S) groups is 1. The zero-order valence-corrected chi connectivity index (χ0v) is 19.5. The molecular weight excluding hydrogens is 453 g/mol. The standard InChI is InChI=1S/C27H19ClNOPS/c28-21-18-16-20(17-19-21)25-29-26(27(32)30-25)31(22-10-4-1-5-11-22,23-12-6-2-7-13-23)24-14-8-3-9-15-24/h1-19H. The molecule has 2 nitrogen and oxygen atoms in total. The van der Waals surface area contributed by atoms with E-state index in [4.69, 9.17) is 33.5 Å². The molecule has 156 valence electrons. The van der Waals surface area contributed by atoms with E-state index in [1.54, 1.807) is 0 Å². The monoisotopic (exact) mass is 471 g/mol. The third-order valence-corrected chi connectivity index (χ3v) is 10.3. The smallest absolute Gasteiger partial charge is 0.228 e. The van der Waals surface area contributed by atoms with Crippen LogP contribution in [-0.2, 0) is 4.74 Å². The van der Waals surface area contributed by atoms with E-state index in [2.05, 4.69) is 72.8 Å². The van der Waals surface area contributed by atoms with E-state index >= 15 is 0 Å². The first kappa shape index (κ1) is 20.9. The van der Waals surface area contributed by atoms with Gasteiger partial charge in [0.15, 0.2) is 0 Å². The molecule has 5 rings (SSSR count). The lowest BCUT2D eigenvalue weighted by molar-refractivity contribution is 0.583.